The maximum absolute atomic E-state index is 12.4. The Bertz CT molecular complexity index is 878. The van der Waals surface area contributed by atoms with Gasteiger partial charge in [0.05, 0.1) is 6.10 Å². The molecule has 0 radical (unpaired) electrons. The standard InChI is InChI=1S/C25H32N2O4/c28-22-9-5-19(6-10-22)24(29)16-26-21-8-4-18-7-11-23(15-20(18)14-21)31-17-25(30)27-12-2-1-3-13-27/h5-7,9-11,15,21,24,26,28-29H,1-4,8,12-14,16-17H2. The van der Waals surface area contributed by atoms with Crippen molar-refractivity contribution in [2.75, 3.05) is 26.2 Å². The maximum Gasteiger partial charge on any atom is 0.260 e. The molecule has 4 rings (SSSR count). The van der Waals surface area contributed by atoms with Crippen molar-refractivity contribution in [2.24, 2.45) is 0 Å². The fourth-order valence-corrected chi connectivity index (χ4v) is 4.47. The zero-order valence-electron chi connectivity index (χ0n) is 17.9. The fourth-order valence-electron chi connectivity index (χ4n) is 4.47. The number of rotatable bonds is 7. The first-order chi connectivity index (χ1) is 15.1. The van der Waals surface area contributed by atoms with Crippen LogP contribution in [0.4, 0.5) is 0 Å². The van der Waals surface area contributed by atoms with E-state index in [0.29, 0.717) is 6.54 Å². The van der Waals surface area contributed by atoms with Crippen molar-refractivity contribution in [2.45, 2.75) is 50.7 Å². The summed E-state index contributed by atoms with van der Waals surface area (Å²) < 4.78 is 5.82. The van der Waals surface area contributed by atoms with Gasteiger partial charge in [0.25, 0.3) is 5.91 Å². The van der Waals surface area contributed by atoms with E-state index in [2.05, 4.69) is 17.4 Å². The van der Waals surface area contributed by atoms with E-state index in [-0.39, 0.29) is 24.3 Å². The van der Waals surface area contributed by atoms with E-state index in [9.17, 15) is 15.0 Å². The monoisotopic (exact) mass is 424 g/mol. The zero-order chi connectivity index (χ0) is 21.6. The second-order valence-corrected chi connectivity index (χ2v) is 8.62. The van der Waals surface area contributed by atoms with Gasteiger partial charge < -0.3 is 25.2 Å². The molecule has 1 heterocycles. The third-order valence-electron chi connectivity index (χ3n) is 6.35. The Hall–Kier alpha value is -2.57. The number of aliphatic hydroxyl groups is 1. The van der Waals surface area contributed by atoms with Crippen molar-refractivity contribution in [1.82, 2.24) is 10.2 Å². The van der Waals surface area contributed by atoms with Gasteiger partial charge in [0, 0.05) is 25.7 Å². The summed E-state index contributed by atoms with van der Waals surface area (Å²) in [5, 5.41) is 23.3. The number of nitrogens with one attached hydrogen (secondary N) is 1. The molecule has 1 saturated heterocycles. The first-order valence-electron chi connectivity index (χ1n) is 11.3. The lowest BCUT2D eigenvalue weighted by molar-refractivity contribution is -0.134. The van der Waals surface area contributed by atoms with Crippen LogP contribution in [0.5, 0.6) is 11.5 Å². The number of phenolic OH excluding ortho intramolecular Hbond substituents is 1. The van der Waals surface area contributed by atoms with Crippen LogP contribution in [0.1, 0.15) is 48.5 Å². The van der Waals surface area contributed by atoms with Gasteiger partial charge in [-0.15, -0.1) is 0 Å². The molecular formula is C25H32N2O4. The molecule has 31 heavy (non-hydrogen) atoms. The zero-order valence-corrected chi connectivity index (χ0v) is 17.9. The predicted molar refractivity (Wildman–Crippen MR) is 119 cm³/mol. The van der Waals surface area contributed by atoms with E-state index in [0.717, 1.165) is 56.5 Å². The number of hydrogen-bond acceptors (Lipinski definition) is 5. The van der Waals surface area contributed by atoms with Crippen LogP contribution in [0.3, 0.4) is 0 Å². The van der Waals surface area contributed by atoms with Crippen LogP contribution in [0.2, 0.25) is 0 Å². The number of amides is 1. The van der Waals surface area contributed by atoms with Crippen LogP contribution in [-0.2, 0) is 17.6 Å². The van der Waals surface area contributed by atoms with Crippen molar-refractivity contribution in [3.63, 3.8) is 0 Å². The van der Waals surface area contributed by atoms with Crippen LogP contribution in [-0.4, -0.2) is 53.3 Å². The van der Waals surface area contributed by atoms with Gasteiger partial charge in [0.2, 0.25) is 0 Å². The lowest BCUT2D eigenvalue weighted by Gasteiger charge is -2.28. The SMILES string of the molecule is O=C(COc1ccc2c(c1)CC(NCC(O)c1ccc(O)cc1)CC2)N1CCCCC1. The van der Waals surface area contributed by atoms with E-state index in [1.807, 2.05) is 11.0 Å². The number of hydrogen-bond donors (Lipinski definition) is 3. The minimum absolute atomic E-state index is 0.0696. The Morgan fingerprint density at radius 3 is 2.65 bits per heavy atom. The summed E-state index contributed by atoms with van der Waals surface area (Å²) in [7, 11) is 0. The summed E-state index contributed by atoms with van der Waals surface area (Å²) in [6.07, 6.45) is 5.63. The molecule has 6 nitrogen and oxygen atoms in total. The van der Waals surface area contributed by atoms with Crippen LogP contribution in [0, 0.1) is 0 Å². The van der Waals surface area contributed by atoms with Crippen molar-refractivity contribution < 1.29 is 19.7 Å². The number of nitrogens with zero attached hydrogens (tertiary/aromatic N) is 1. The molecular weight excluding hydrogens is 392 g/mol. The van der Waals surface area contributed by atoms with E-state index in [1.165, 1.54) is 17.5 Å². The average Bonchev–Trinajstić information content (AvgIpc) is 2.81. The lowest BCUT2D eigenvalue weighted by atomic mass is 9.88. The molecule has 1 aliphatic heterocycles. The minimum Gasteiger partial charge on any atom is -0.508 e. The largest absolute Gasteiger partial charge is 0.508 e. The molecule has 3 N–H and O–H groups in total. The van der Waals surface area contributed by atoms with Crippen molar-refractivity contribution in [3.8, 4) is 11.5 Å². The van der Waals surface area contributed by atoms with Gasteiger partial charge in [-0.05, 0) is 79.5 Å². The van der Waals surface area contributed by atoms with Gasteiger partial charge in [0.15, 0.2) is 6.61 Å². The molecule has 1 amide bonds. The lowest BCUT2D eigenvalue weighted by Crippen LogP contribution is -2.38. The van der Waals surface area contributed by atoms with Crippen LogP contribution < -0.4 is 10.1 Å². The Morgan fingerprint density at radius 2 is 1.87 bits per heavy atom. The number of aromatic hydroxyl groups is 1. The molecule has 1 aliphatic carbocycles. The van der Waals surface area contributed by atoms with E-state index >= 15 is 0 Å². The maximum atomic E-state index is 12.4. The summed E-state index contributed by atoms with van der Waals surface area (Å²) in [4.78, 5) is 14.3. The average molecular weight is 425 g/mol. The summed E-state index contributed by atoms with van der Waals surface area (Å²) in [5.74, 6) is 1.01. The number of fused-ring (bicyclic) bond motifs is 1. The van der Waals surface area contributed by atoms with Gasteiger partial charge in [-0.25, -0.2) is 0 Å². The summed E-state index contributed by atoms with van der Waals surface area (Å²) in [6.45, 7) is 2.25. The first-order valence-corrected chi connectivity index (χ1v) is 11.3. The molecule has 0 saturated carbocycles. The second kappa shape index (κ2) is 10.2. The molecule has 2 atom stereocenters. The molecule has 6 heteroatoms. The van der Waals surface area contributed by atoms with Gasteiger partial charge in [-0.2, -0.15) is 0 Å². The van der Waals surface area contributed by atoms with Gasteiger partial charge in [0.1, 0.15) is 11.5 Å². The molecule has 0 aromatic heterocycles. The van der Waals surface area contributed by atoms with Crippen molar-refractivity contribution in [1.29, 1.82) is 0 Å². The quantitative estimate of drug-likeness (QED) is 0.637. The van der Waals surface area contributed by atoms with Crippen LogP contribution in [0.15, 0.2) is 42.5 Å². The Morgan fingerprint density at radius 1 is 1.10 bits per heavy atom. The number of carbonyl (C=O) groups excluding carboxylic acids is 1. The van der Waals surface area contributed by atoms with Gasteiger partial charge >= 0.3 is 0 Å². The summed E-state index contributed by atoms with van der Waals surface area (Å²) in [6, 6.07) is 13.1. The first kappa shape index (κ1) is 21.7. The number of aliphatic hydroxyl groups excluding tert-OH is 1. The highest BCUT2D eigenvalue weighted by molar-refractivity contribution is 5.77. The Balaban J connectivity index is 1.28. The van der Waals surface area contributed by atoms with E-state index < -0.39 is 6.10 Å². The molecule has 2 aliphatic rings. The molecule has 2 unspecified atom stereocenters. The molecule has 2 aromatic carbocycles. The van der Waals surface area contributed by atoms with E-state index in [1.54, 1.807) is 24.3 Å². The molecule has 0 bridgehead atoms. The second-order valence-electron chi connectivity index (χ2n) is 8.62. The van der Waals surface area contributed by atoms with Crippen molar-refractivity contribution >= 4 is 5.91 Å². The normalized spacial score (nSPS) is 19.5. The minimum atomic E-state index is -0.613. The number of aryl methyl sites for hydroxylation is 1. The predicted octanol–water partition coefficient (Wildman–Crippen LogP) is 2.96. The third kappa shape index (κ3) is 5.77. The highest BCUT2D eigenvalue weighted by Crippen LogP contribution is 2.26. The topological polar surface area (TPSA) is 82.0 Å². The number of ether oxygens (including phenoxy) is 1. The number of carbonyl (C=O) groups is 1. The third-order valence-corrected chi connectivity index (χ3v) is 6.35. The number of benzene rings is 2. The Kier molecular flexibility index (Phi) is 7.10. The summed E-state index contributed by atoms with van der Waals surface area (Å²) in [5.41, 5.74) is 3.35. The Labute approximate surface area is 183 Å². The van der Waals surface area contributed by atoms with Crippen molar-refractivity contribution in [3.05, 3.63) is 59.2 Å². The molecule has 0 spiro atoms. The fraction of sp³-hybridized carbons (Fsp3) is 0.480. The van der Waals surface area contributed by atoms with Gasteiger partial charge in [-0.3, -0.25) is 4.79 Å². The van der Waals surface area contributed by atoms with Crippen LogP contribution >= 0.6 is 0 Å². The molecule has 166 valence electrons. The number of likely N-dealkylation sites (tertiary alicyclic amines) is 1. The number of piperidine rings is 1. The summed E-state index contributed by atoms with van der Waals surface area (Å²) >= 11 is 0. The molecule has 1 fully saturated rings. The van der Waals surface area contributed by atoms with E-state index in [4.69, 9.17) is 4.74 Å². The highest BCUT2D eigenvalue weighted by atomic mass is 16.5. The molecule has 2 aromatic rings. The smallest absolute Gasteiger partial charge is 0.260 e. The van der Waals surface area contributed by atoms with Gasteiger partial charge in [-0.1, -0.05) is 18.2 Å². The number of phenols is 1. The van der Waals surface area contributed by atoms with Crippen LogP contribution in [0.25, 0.3) is 0 Å². The highest BCUT2D eigenvalue weighted by Gasteiger charge is 2.21.